The number of aryl methyl sites for hydroxylation is 2. The molecule has 3 aromatic rings. The Morgan fingerprint density at radius 2 is 2.04 bits per heavy atom. The van der Waals surface area contributed by atoms with Crippen molar-refractivity contribution in [1.29, 1.82) is 0 Å². The number of hydrogen-bond acceptors (Lipinski definition) is 4. The highest BCUT2D eigenvalue weighted by atomic mass is 16.5. The molecule has 0 aliphatic heterocycles. The summed E-state index contributed by atoms with van der Waals surface area (Å²) < 4.78 is 5.21. The van der Waals surface area contributed by atoms with E-state index in [0.29, 0.717) is 12.2 Å². The molecule has 1 N–H and O–H groups in total. The average molecular weight is 346 g/mol. The van der Waals surface area contributed by atoms with Crippen LogP contribution in [-0.4, -0.2) is 17.6 Å². The Balaban J connectivity index is 1.86. The maximum Gasteiger partial charge on any atom is 0.340 e. The van der Waals surface area contributed by atoms with E-state index in [1.54, 1.807) is 6.07 Å². The molecule has 0 amide bonds. The molecule has 0 unspecified atom stereocenters. The number of hydrogen-bond donors (Lipinski definition) is 1. The first-order valence-electron chi connectivity index (χ1n) is 9.12. The van der Waals surface area contributed by atoms with E-state index in [4.69, 9.17) is 9.72 Å². The monoisotopic (exact) mass is 346 g/mol. The Morgan fingerprint density at radius 3 is 2.88 bits per heavy atom. The molecule has 1 aromatic heterocycles. The van der Waals surface area contributed by atoms with Gasteiger partial charge in [-0.1, -0.05) is 23.8 Å². The number of pyridine rings is 1. The summed E-state index contributed by atoms with van der Waals surface area (Å²) in [5, 5.41) is 4.64. The van der Waals surface area contributed by atoms with Gasteiger partial charge in [-0.2, -0.15) is 0 Å². The van der Waals surface area contributed by atoms with E-state index in [0.717, 1.165) is 47.2 Å². The van der Waals surface area contributed by atoms with Crippen molar-refractivity contribution in [3.8, 4) is 0 Å². The van der Waals surface area contributed by atoms with Crippen molar-refractivity contribution >= 4 is 28.2 Å². The third kappa shape index (κ3) is 2.92. The predicted molar refractivity (Wildman–Crippen MR) is 104 cm³/mol. The molecule has 2 aromatic carbocycles. The molecular formula is C22H22N2O2. The molecular weight excluding hydrogens is 324 g/mol. The number of ether oxygens (including phenoxy) is 1. The van der Waals surface area contributed by atoms with E-state index < -0.39 is 0 Å². The zero-order valence-corrected chi connectivity index (χ0v) is 15.1. The highest BCUT2D eigenvalue weighted by molar-refractivity contribution is 6.00. The second-order valence-corrected chi connectivity index (χ2v) is 6.68. The molecule has 26 heavy (non-hydrogen) atoms. The molecule has 132 valence electrons. The van der Waals surface area contributed by atoms with Crippen LogP contribution in [0.2, 0.25) is 0 Å². The fourth-order valence-corrected chi connectivity index (χ4v) is 3.63. The molecule has 0 spiro atoms. The minimum Gasteiger partial charge on any atom is -0.462 e. The lowest BCUT2D eigenvalue weighted by atomic mass is 10.0. The second kappa shape index (κ2) is 6.79. The van der Waals surface area contributed by atoms with E-state index in [1.165, 1.54) is 11.1 Å². The van der Waals surface area contributed by atoms with Crippen LogP contribution in [0.15, 0.2) is 42.5 Å². The minimum atomic E-state index is -0.304. The SMILES string of the molecule is CCOC(=O)c1ccccc1Nc1c2c(nc3ccc(C)cc13)CCC2. The normalized spacial score (nSPS) is 12.8. The lowest BCUT2D eigenvalue weighted by Crippen LogP contribution is -2.09. The maximum atomic E-state index is 12.3. The minimum absolute atomic E-state index is 0.304. The molecule has 4 nitrogen and oxygen atoms in total. The fourth-order valence-electron chi connectivity index (χ4n) is 3.63. The zero-order chi connectivity index (χ0) is 18.1. The van der Waals surface area contributed by atoms with Gasteiger partial charge in [-0.25, -0.2) is 4.79 Å². The van der Waals surface area contributed by atoms with Crippen LogP contribution in [0, 0.1) is 6.92 Å². The summed E-state index contributed by atoms with van der Waals surface area (Å²) in [6, 6.07) is 13.8. The van der Waals surface area contributed by atoms with Crippen molar-refractivity contribution in [3.63, 3.8) is 0 Å². The van der Waals surface area contributed by atoms with Crippen molar-refractivity contribution in [1.82, 2.24) is 4.98 Å². The van der Waals surface area contributed by atoms with Crippen molar-refractivity contribution in [2.45, 2.75) is 33.1 Å². The third-order valence-corrected chi connectivity index (χ3v) is 4.85. The number of rotatable bonds is 4. The van der Waals surface area contributed by atoms with Gasteiger partial charge in [0.15, 0.2) is 0 Å². The highest BCUT2D eigenvalue weighted by Crippen LogP contribution is 2.37. The van der Waals surface area contributed by atoms with Gasteiger partial charge in [0, 0.05) is 11.1 Å². The summed E-state index contributed by atoms with van der Waals surface area (Å²) in [5.74, 6) is -0.304. The number of nitrogens with one attached hydrogen (secondary N) is 1. The molecule has 0 atom stereocenters. The summed E-state index contributed by atoms with van der Waals surface area (Å²) in [5.41, 5.74) is 7.02. The standard InChI is InChI=1S/C22H22N2O2/c1-3-26-22(25)16-7-4-5-9-19(16)24-21-15-8-6-10-18(15)23-20-12-11-14(2)13-17(20)21/h4-5,7,9,11-13H,3,6,8,10H2,1-2H3,(H,23,24). The van der Waals surface area contributed by atoms with Gasteiger partial charge in [-0.15, -0.1) is 0 Å². The zero-order valence-electron chi connectivity index (χ0n) is 15.1. The molecule has 0 bridgehead atoms. The van der Waals surface area contributed by atoms with Crippen LogP contribution >= 0.6 is 0 Å². The molecule has 4 heteroatoms. The Morgan fingerprint density at radius 1 is 1.19 bits per heavy atom. The Kier molecular flexibility index (Phi) is 4.33. The first-order chi connectivity index (χ1) is 12.7. The first-order valence-corrected chi connectivity index (χ1v) is 9.12. The van der Waals surface area contributed by atoms with E-state index in [9.17, 15) is 4.79 Å². The summed E-state index contributed by atoms with van der Waals surface area (Å²) >= 11 is 0. The lowest BCUT2D eigenvalue weighted by molar-refractivity contribution is 0.0527. The van der Waals surface area contributed by atoms with Crippen LogP contribution in [0.5, 0.6) is 0 Å². The van der Waals surface area contributed by atoms with Crippen LogP contribution in [0.3, 0.4) is 0 Å². The molecule has 0 saturated heterocycles. The molecule has 1 heterocycles. The fraction of sp³-hybridized carbons (Fsp3) is 0.273. The summed E-state index contributed by atoms with van der Waals surface area (Å²) in [6.07, 6.45) is 3.13. The van der Waals surface area contributed by atoms with E-state index in [1.807, 2.05) is 25.1 Å². The first kappa shape index (κ1) is 16.6. The van der Waals surface area contributed by atoms with Gasteiger partial charge in [0.05, 0.1) is 29.1 Å². The predicted octanol–water partition coefficient (Wildman–Crippen LogP) is 4.95. The maximum absolute atomic E-state index is 12.3. The summed E-state index contributed by atoms with van der Waals surface area (Å²) in [7, 11) is 0. The largest absolute Gasteiger partial charge is 0.462 e. The molecule has 1 aliphatic carbocycles. The van der Waals surface area contributed by atoms with Crippen LogP contribution in [0.1, 0.15) is 40.5 Å². The van der Waals surface area contributed by atoms with Crippen LogP contribution in [0.25, 0.3) is 10.9 Å². The highest BCUT2D eigenvalue weighted by Gasteiger charge is 2.21. The molecule has 0 radical (unpaired) electrons. The summed E-state index contributed by atoms with van der Waals surface area (Å²) in [6.45, 7) is 4.27. The van der Waals surface area contributed by atoms with E-state index >= 15 is 0 Å². The van der Waals surface area contributed by atoms with E-state index in [-0.39, 0.29) is 5.97 Å². The van der Waals surface area contributed by atoms with Crippen molar-refractivity contribution < 1.29 is 9.53 Å². The molecule has 1 aliphatic rings. The lowest BCUT2D eigenvalue weighted by Gasteiger charge is -2.17. The number of carbonyl (C=O) groups is 1. The second-order valence-electron chi connectivity index (χ2n) is 6.68. The van der Waals surface area contributed by atoms with Gasteiger partial charge >= 0.3 is 5.97 Å². The Hall–Kier alpha value is -2.88. The average Bonchev–Trinajstić information content (AvgIpc) is 3.11. The molecule has 0 saturated carbocycles. The van der Waals surface area contributed by atoms with Gasteiger partial charge in [0.25, 0.3) is 0 Å². The number of aromatic nitrogens is 1. The third-order valence-electron chi connectivity index (χ3n) is 4.85. The number of esters is 1. The van der Waals surface area contributed by atoms with E-state index in [2.05, 4.69) is 30.4 Å². The van der Waals surface area contributed by atoms with Crippen molar-refractivity contribution in [2.24, 2.45) is 0 Å². The quantitative estimate of drug-likeness (QED) is 0.679. The van der Waals surface area contributed by atoms with Gasteiger partial charge in [-0.3, -0.25) is 4.98 Å². The number of para-hydroxylation sites is 1. The molecule has 0 fully saturated rings. The number of nitrogens with zero attached hydrogens (tertiary/aromatic N) is 1. The smallest absolute Gasteiger partial charge is 0.340 e. The van der Waals surface area contributed by atoms with Gasteiger partial charge in [0.2, 0.25) is 0 Å². The van der Waals surface area contributed by atoms with Crippen molar-refractivity contribution in [2.75, 3.05) is 11.9 Å². The summed E-state index contributed by atoms with van der Waals surface area (Å²) in [4.78, 5) is 17.2. The van der Waals surface area contributed by atoms with Crippen LogP contribution < -0.4 is 5.32 Å². The van der Waals surface area contributed by atoms with Crippen molar-refractivity contribution in [3.05, 3.63) is 64.8 Å². The van der Waals surface area contributed by atoms with Crippen LogP contribution in [0.4, 0.5) is 11.4 Å². The number of fused-ring (bicyclic) bond motifs is 2. The van der Waals surface area contributed by atoms with Crippen LogP contribution in [-0.2, 0) is 17.6 Å². The number of carbonyl (C=O) groups excluding carboxylic acids is 1. The Bertz CT molecular complexity index is 995. The topological polar surface area (TPSA) is 51.2 Å². The number of benzene rings is 2. The van der Waals surface area contributed by atoms with Gasteiger partial charge < -0.3 is 10.1 Å². The van der Waals surface area contributed by atoms with Gasteiger partial charge in [0.1, 0.15) is 0 Å². The van der Waals surface area contributed by atoms with Gasteiger partial charge in [-0.05, 0) is 62.9 Å². The number of anilines is 2. The Labute approximate surface area is 153 Å². The molecule has 4 rings (SSSR count).